The molecule has 1 heterocycles. The van der Waals surface area contributed by atoms with E-state index >= 15 is 0 Å². The Morgan fingerprint density at radius 2 is 2.67 bits per heavy atom. The van der Waals surface area contributed by atoms with Gasteiger partial charge in [0.05, 0.1) is 18.8 Å². The van der Waals surface area contributed by atoms with E-state index in [-0.39, 0.29) is 0 Å². The molecular weight excluding hydrogens is 170 g/mol. The number of hydrogen-bond donors (Lipinski definition) is 1. The van der Waals surface area contributed by atoms with Crippen molar-refractivity contribution in [3.63, 3.8) is 0 Å². The average Bonchev–Trinajstić information content (AvgIpc) is 2.15. The number of hydrogen-bond acceptors (Lipinski definition) is 3. The number of likely N-dealkylation sites (N-methyl/N-ethyl adjacent to an activating group) is 1. The van der Waals surface area contributed by atoms with Gasteiger partial charge in [0.2, 0.25) is 0 Å². The van der Waals surface area contributed by atoms with E-state index in [1.54, 1.807) is 0 Å². The minimum atomic E-state index is 0.321. The van der Waals surface area contributed by atoms with Gasteiger partial charge in [-0.1, -0.05) is 13.0 Å². The Morgan fingerprint density at radius 1 is 1.83 bits per heavy atom. The van der Waals surface area contributed by atoms with Gasteiger partial charge in [-0.2, -0.15) is 11.8 Å². The highest BCUT2D eigenvalue weighted by Crippen LogP contribution is 2.15. The average molecular weight is 187 g/mol. The molecule has 0 aromatic carbocycles. The summed E-state index contributed by atoms with van der Waals surface area (Å²) in [6.45, 7) is 7.76. The van der Waals surface area contributed by atoms with Crippen LogP contribution < -0.4 is 5.32 Å². The van der Waals surface area contributed by atoms with Crippen molar-refractivity contribution in [3.05, 3.63) is 12.7 Å². The molecule has 1 fully saturated rings. The third kappa shape index (κ3) is 2.81. The molecule has 0 spiro atoms. The Bertz CT molecular complexity index is 134. The summed E-state index contributed by atoms with van der Waals surface area (Å²) in [5, 5.41) is 3.35. The van der Waals surface area contributed by atoms with Gasteiger partial charge in [-0.25, -0.2) is 0 Å². The van der Waals surface area contributed by atoms with Crippen LogP contribution in [0.4, 0.5) is 0 Å². The molecular formula is C9H17NOS. The fraction of sp³-hybridized carbons (Fsp3) is 0.778. The largest absolute Gasteiger partial charge is 0.375 e. The monoisotopic (exact) mass is 187 g/mol. The van der Waals surface area contributed by atoms with Crippen LogP contribution >= 0.6 is 11.8 Å². The van der Waals surface area contributed by atoms with Crippen LogP contribution in [0.3, 0.4) is 0 Å². The first-order chi connectivity index (χ1) is 5.88. The van der Waals surface area contributed by atoms with E-state index in [4.69, 9.17) is 4.74 Å². The van der Waals surface area contributed by atoms with Crippen molar-refractivity contribution < 1.29 is 4.74 Å². The Labute approximate surface area is 78.7 Å². The van der Waals surface area contributed by atoms with Gasteiger partial charge in [-0.15, -0.1) is 6.58 Å². The standard InChI is InChI=1S/C9H17NOS/c1-3-8(10-4-2)9-7-12-6-5-11-9/h3,8-10H,1,4-7H2,2H3. The summed E-state index contributed by atoms with van der Waals surface area (Å²) in [7, 11) is 0. The molecule has 2 atom stereocenters. The highest BCUT2D eigenvalue weighted by Gasteiger charge is 2.21. The molecule has 0 saturated carbocycles. The molecule has 12 heavy (non-hydrogen) atoms. The van der Waals surface area contributed by atoms with Crippen molar-refractivity contribution in [2.75, 3.05) is 24.7 Å². The zero-order chi connectivity index (χ0) is 8.81. The van der Waals surface area contributed by atoms with Crippen molar-refractivity contribution in [1.29, 1.82) is 0 Å². The fourth-order valence-electron chi connectivity index (χ4n) is 1.32. The van der Waals surface area contributed by atoms with Crippen LogP contribution in [0, 0.1) is 0 Å². The van der Waals surface area contributed by atoms with Crippen molar-refractivity contribution in [2.24, 2.45) is 0 Å². The molecule has 0 aliphatic carbocycles. The molecule has 1 aliphatic rings. The summed E-state index contributed by atoms with van der Waals surface area (Å²) >= 11 is 1.96. The van der Waals surface area contributed by atoms with E-state index < -0.39 is 0 Å². The Balaban J connectivity index is 2.34. The lowest BCUT2D eigenvalue weighted by Crippen LogP contribution is -2.43. The maximum Gasteiger partial charge on any atom is 0.0854 e. The van der Waals surface area contributed by atoms with Gasteiger partial charge in [0.1, 0.15) is 0 Å². The predicted octanol–water partition coefficient (Wildman–Crippen LogP) is 1.28. The molecule has 2 nitrogen and oxygen atoms in total. The van der Waals surface area contributed by atoms with Gasteiger partial charge in [0, 0.05) is 11.5 Å². The smallest absolute Gasteiger partial charge is 0.0854 e. The van der Waals surface area contributed by atoms with Gasteiger partial charge in [0.25, 0.3) is 0 Å². The lowest BCUT2D eigenvalue weighted by Gasteiger charge is -2.28. The summed E-state index contributed by atoms with van der Waals surface area (Å²) in [4.78, 5) is 0. The zero-order valence-electron chi connectivity index (χ0n) is 7.58. The molecule has 1 aliphatic heterocycles. The summed E-state index contributed by atoms with van der Waals surface area (Å²) in [6.07, 6.45) is 2.27. The van der Waals surface area contributed by atoms with E-state index in [2.05, 4.69) is 18.8 Å². The third-order valence-electron chi connectivity index (χ3n) is 1.94. The molecule has 1 saturated heterocycles. The van der Waals surface area contributed by atoms with Crippen molar-refractivity contribution >= 4 is 11.8 Å². The van der Waals surface area contributed by atoms with E-state index in [1.165, 1.54) is 0 Å². The van der Waals surface area contributed by atoms with Crippen molar-refractivity contribution in [1.82, 2.24) is 5.32 Å². The number of thioether (sulfide) groups is 1. The van der Waals surface area contributed by atoms with Crippen LogP contribution in [0.5, 0.6) is 0 Å². The van der Waals surface area contributed by atoms with Gasteiger partial charge in [-0.05, 0) is 6.54 Å². The number of ether oxygens (including phenoxy) is 1. The maximum absolute atomic E-state index is 5.63. The molecule has 0 amide bonds. The molecule has 0 aromatic rings. The Hall–Kier alpha value is 0.01000. The number of rotatable bonds is 4. The molecule has 2 unspecified atom stereocenters. The second kappa shape index (κ2) is 5.62. The normalized spacial score (nSPS) is 26.6. The van der Waals surface area contributed by atoms with E-state index in [0.29, 0.717) is 12.1 Å². The van der Waals surface area contributed by atoms with Crippen LogP contribution in [0.25, 0.3) is 0 Å². The first-order valence-corrected chi connectivity index (χ1v) is 5.59. The first-order valence-electron chi connectivity index (χ1n) is 4.43. The summed E-state index contributed by atoms with van der Waals surface area (Å²) < 4.78 is 5.63. The molecule has 3 heteroatoms. The second-order valence-corrected chi connectivity index (χ2v) is 3.95. The first kappa shape index (κ1) is 10.1. The topological polar surface area (TPSA) is 21.3 Å². The number of nitrogens with one attached hydrogen (secondary N) is 1. The van der Waals surface area contributed by atoms with Gasteiger partial charge < -0.3 is 10.1 Å². The van der Waals surface area contributed by atoms with Crippen LogP contribution in [0.2, 0.25) is 0 Å². The summed E-state index contributed by atoms with van der Waals surface area (Å²) in [5.41, 5.74) is 0. The van der Waals surface area contributed by atoms with Crippen LogP contribution in [0.15, 0.2) is 12.7 Å². The molecule has 0 aromatic heterocycles. The van der Waals surface area contributed by atoms with Crippen molar-refractivity contribution in [2.45, 2.75) is 19.1 Å². The van der Waals surface area contributed by atoms with Crippen LogP contribution in [-0.2, 0) is 4.74 Å². The lowest BCUT2D eigenvalue weighted by atomic mass is 10.2. The lowest BCUT2D eigenvalue weighted by molar-refractivity contribution is 0.0592. The quantitative estimate of drug-likeness (QED) is 0.670. The Morgan fingerprint density at radius 3 is 3.17 bits per heavy atom. The van der Waals surface area contributed by atoms with E-state index in [9.17, 15) is 0 Å². The minimum absolute atomic E-state index is 0.321. The van der Waals surface area contributed by atoms with Crippen LogP contribution in [0.1, 0.15) is 6.92 Å². The zero-order valence-corrected chi connectivity index (χ0v) is 8.40. The molecule has 1 N–H and O–H groups in total. The van der Waals surface area contributed by atoms with Gasteiger partial charge in [0.15, 0.2) is 0 Å². The van der Waals surface area contributed by atoms with Gasteiger partial charge >= 0.3 is 0 Å². The highest BCUT2D eigenvalue weighted by atomic mass is 32.2. The summed E-state index contributed by atoms with van der Waals surface area (Å²) in [5.74, 6) is 2.22. The SMILES string of the molecule is C=CC(NCC)C1CSCCO1. The molecule has 70 valence electrons. The highest BCUT2D eigenvalue weighted by molar-refractivity contribution is 7.99. The van der Waals surface area contributed by atoms with E-state index in [1.807, 2.05) is 17.8 Å². The third-order valence-corrected chi connectivity index (χ3v) is 2.96. The summed E-state index contributed by atoms with van der Waals surface area (Å²) in [6, 6.07) is 0.322. The molecule has 0 radical (unpaired) electrons. The Kier molecular flexibility index (Phi) is 4.73. The predicted molar refractivity (Wildman–Crippen MR) is 54.7 cm³/mol. The van der Waals surface area contributed by atoms with Crippen molar-refractivity contribution in [3.8, 4) is 0 Å². The fourth-order valence-corrected chi connectivity index (χ4v) is 2.23. The maximum atomic E-state index is 5.63. The molecule has 0 bridgehead atoms. The molecule has 1 rings (SSSR count). The van der Waals surface area contributed by atoms with E-state index in [0.717, 1.165) is 24.7 Å². The second-order valence-electron chi connectivity index (χ2n) is 2.80. The van der Waals surface area contributed by atoms with Crippen LogP contribution in [-0.4, -0.2) is 36.8 Å². The minimum Gasteiger partial charge on any atom is -0.375 e. The van der Waals surface area contributed by atoms with Gasteiger partial charge in [-0.3, -0.25) is 0 Å².